The van der Waals surface area contributed by atoms with E-state index < -0.39 is 0 Å². The summed E-state index contributed by atoms with van der Waals surface area (Å²) in [4.78, 5) is 26.1. The molecule has 0 bridgehead atoms. The van der Waals surface area contributed by atoms with Gasteiger partial charge in [0, 0.05) is 38.4 Å². The van der Waals surface area contributed by atoms with Crippen LogP contribution in [0.2, 0.25) is 0 Å². The third-order valence-electron chi connectivity index (χ3n) is 4.91. The number of amides is 2. The minimum atomic E-state index is -0.212. The highest BCUT2D eigenvalue weighted by Crippen LogP contribution is 2.24. The molecular formula is C21H24N2O2. The van der Waals surface area contributed by atoms with Gasteiger partial charge in [0.15, 0.2) is 0 Å². The van der Waals surface area contributed by atoms with E-state index in [0.717, 1.165) is 6.42 Å². The van der Waals surface area contributed by atoms with E-state index in [2.05, 4.69) is 29.6 Å². The lowest BCUT2D eigenvalue weighted by Gasteiger charge is -2.28. The number of piperidine rings is 1. The van der Waals surface area contributed by atoms with Crippen molar-refractivity contribution in [2.75, 3.05) is 20.1 Å². The minimum Gasteiger partial charge on any atom is -0.355 e. The molecule has 1 N–H and O–H groups in total. The first-order valence-electron chi connectivity index (χ1n) is 8.76. The number of carbonyl (C=O) groups is 2. The van der Waals surface area contributed by atoms with Crippen molar-refractivity contribution in [3.63, 3.8) is 0 Å². The van der Waals surface area contributed by atoms with Crippen LogP contribution in [0.25, 0.3) is 0 Å². The lowest BCUT2D eigenvalue weighted by molar-refractivity contribution is -0.139. The Labute approximate surface area is 148 Å². The maximum Gasteiger partial charge on any atom is 0.223 e. The fourth-order valence-corrected chi connectivity index (χ4v) is 3.31. The second-order valence-corrected chi connectivity index (χ2v) is 6.62. The van der Waals surface area contributed by atoms with Crippen LogP contribution in [0.1, 0.15) is 29.9 Å². The molecule has 25 heavy (non-hydrogen) atoms. The molecule has 1 aliphatic heterocycles. The number of hydrogen-bond donors (Lipinski definition) is 1. The Kier molecular flexibility index (Phi) is 5.49. The van der Waals surface area contributed by atoms with Crippen LogP contribution < -0.4 is 5.32 Å². The molecule has 1 aliphatic rings. The number of carbonyl (C=O) groups excluding carboxylic acids is 2. The lowest BCUT2D eigenvalue weighted by Crippen LogP contribution is -2.42. The van der Waals surface area contributed by atoms with E-state index in [1.165, 1.54) is 11.1 Å². The van der Waals surface area contributed by atoms with Crippen molar-refractivity contribution in [2.45, 2.75) is 18.8 Å². The second kappa shape index (κ2) is 7.97. The number of likely N-dealkylation sites (tertiary alicyclic amines) is 1. The fourth-order valence-electron chi connectivity index (χ4n) is 3.31. The standard InChI is InChI=1S/C21H24N2O2/c1-23-13-12-18(14-20(23)24)21(25)22-15-19(16-8-4-2-5-9-16)17-10-6-3-7-11-17/h2-11,18-19H,12-15H2,1H3,(H,22,25)/t18-/m0/s1. The van der Waals surface area contributed by atoms with Gasteiger partial charge in [0.2, 0.25) is 11.8 Å². The molecule has 1 fully saturated rings. The molecule has 4 nitrogen and oxygen atoms in total. The van der Waals surface area contributed by atoms with Crippen LogP contribution in [0.3, 0.4) is 0 Å². The maximum absolute atomic E-state index is 12.5. The second-order valence-electron chi connectivity index (χ2n) is 6.62. The Balaban J connectivity index is 1.69. The summed E-state index contributed by atoms with van der Waals surface area (Å²) < 4.78 is 0. The summed E-state index contributed by atoms with van der Waals surface area (Å²) in [5.41, 5.74) is 2.35. The van der Waals surface area contributed by atoms with Crippen molar-refractivity contribution in [3.05, 3.63) is 71.8 Å². The highest BCUT2D eigenvalue weighted by molar-refractivity contribution is 5.86. The highest BCUT2D eigenvalue weighted by atomic mass is 16.2. The van der Waals surface area contributed by atoms with Gasteiger partial charge < -0.3 is 10.2 Å². The third-order valence-corrected chi connectivity index (χ3v) is 4.91. The quantitative estimate of drug-likeness (QED) is 0.913. The summed E-state index contributed by atoms with van der Waals surface area (Å²) in [5, 5.41) is 3.08. The molecule has 0 spiro atoms. The van der Waals surface area contributed by atoms with Gasteiger partial charge in [0.05, 0.1) is 0 Å². The molecule has 2 aromatic carbocycles. The molecule has 2 aromatic rings. The SMILES string of the molecule is CN1CC[C@H](C(=O)NCC(c2ccccc2)c2ccccc2)CC1=O. The van der Waals surface area contributed by atoms with Crippen molar-refractivity contribution >= 4 is 11.8 Å². The molecule has 130 valence electrons. The predicted molar refractivity (Wildman–Crippen MR) is 98.1 cm³/mol. The van der Waals surface area contributed by atoms with E-state index >= 15 is 0 Å². The van der Waals surface area contributed by atoms with Gasteiger partial charge in [-0.2, -0.15) is 0 Å². The summed E-state index contributed by atoms with van der Waals surface area (Å²) in [6.45, 7) is 1.19. The molecule has 0 aliphatic carbocycles. The number of nitrogens with zero attached hydrogens (tertiary/aromatic N) is 1. The van der Waals surface area contributed by atoms with Gasteiger partial charge in [-0.05, 0) is 17.5 Å². The topological polar surface area (TPSA) is 49.4 Å². The molecule has 0 saturated carbocycles. The fraction of sp³-hybridized carbons (Fsp3) is 0.333. The average molecular weight is 336 g/mol. The smallest absolute Gasteiger partial charge is 0.223 e. The van der Waals surface area contributed by atoms with Crippen LogP contribution in [0.15, 0.2) is 60.7 Å². The predicted octanol–water partition coefficient (Wildman–Crippen LogP) is 2.80. The van der Waals surface area contributed by atoms with Gasteiger partial charge in [-0.1, -0.05) is 60.7 Å². The minimum absolute atomic E-state index is 0.0155. The molecule has 0 radical (unpaired) electrons. The molecule has 1 saturated heterocycles. The molecule has 3 rings (SSSR count). The van der Waals surface area contributed by atoms with Crippen molar-refractivity contribution < 1.29 is 9.59 Å². The van der Waals surface area contributed by atoms with Crippen molar-refractivity contribution in [3.8, 4) is 0 Å². The average Bonchev–Trinajstić information content (AvgIpc) is 2.66. The zero-order chi connectivity index (χ0) is 17.6. The summed E-state index contributed by atoms with van der Waals surface area (Å²) in [7, 11) is 1.79. The first kappa shape index (κ1) is 17.2. The Hall–Kier alpha value is -2.62. The van der Waals surface area contributed by atoms with E-state index in [0.29, 0.717) is 19.5 Å². The van der Waals surface area contributed by atoms with Crippen LogP contribution in [0.4, 0.5) is 0 Å². The Morgan fingerprint density at radius 2 is 1.64 bits per heavy atom. The number of nitrogens with one attached hydrogen (secondary N) is 1. The molecule has 0 unspecified atom stereocenters. The van der Waals surface area contributed by atoms with E-state index in [1.807, 2.05) is 36.4 Å². The number of rotatable bonds is 5. The lowest BCUT2D eigenvalue weighted by atomic mass is 9.90. The van der Waals surface area contributed by atoms with Crippen LogP contribution in [-0.2, 0) is 9.59 Å². The molecule has 0 aromatic heterocycles. The van der Waals surface area contributed by atoms with Crippen LogP contribution >= 0.6 is 0 Å². The third kappa shape index (κ3) is 4.27. The molecule has 1 atom stereocenters. The Morgan fingerprint density at radius 3 is 2.16 bits per heavy atom. The first-order valence-corrected chi connectivity index (χ1v) is 8.76. The van der Waals surface area contributed by atoms with Gasteiger partial charge >= 0.3 is 0 Å². The number of benzene rings is 2. The summed E-state index contributed by atoms with van der Waals surface area (Å²) >= 11 is 0. The Morgan fingerprint density at radius 1 is 1.08 bits per heavy atom. The van der Waals surface area contributed by atoms with Gasteiger partial charge in [-0.3, -0.25) is 9.59 Å². The van der Waals surface area contributed by atoms with Crippen molar-refractivity contribution in [1.82, 2.24) is 10.2 Å². The first-order chi connectivity index (χ1) is 12.1. The molecule has 2 amide bonds. The zero-order valence-corrected chi connectivity index (χ0v) is 14.5. The van der Waals surface area contributed by atoms with E-state index in [1.54, 1.807) is 11.9 Å². The normalized spacial score (nSPS) is 17.6. The van der Waals surface area contributed by atoms with Crippen LogP contribution in [-0.4, -0.2) is 36.9 Å². The van der Waals surface area contributed by atoms with Crippen molar-refractivity contribution in [2.24, 2.45) is 5.92 Å². The summed E-state index contributed by atoms with van der Waals surface area (Å²) in [6.07, 6.45) is 1.04. The van der Waals surface area contributed by atoms with Crippen LogP contribution in [0, 0.1) is 5.92 Å². The Bertz CT molecular complexity index is 676. The van der Waals surface area contributed by atoms with Gasteiger partial charge in [0.1, 0.15) is 0 Å². The van der Waals surface area contributed by atoms with E-state index in [-0.39, 0.29) is 23.7 Å². The van der Waals surface area contributed by atoms with Crippen molar-refractivity contribution in [1.29, 1.82) is 0 Å². The molecule has 4 heteroatoms. The highest BCUT2D eigenvalue weighted by Gasteiger charge is 2.29. The van der Waals surface area contributed by atoms with Gasteiger partial charge in [-0.25, -0.2) is 0 Å². The number of hydrogen-bond acceptors (Lipinski definition) is 2. The summed E-state index contributed by atoms with van der Waals surface area (Å²) in [5.74, 6) is -0.0726. The zero-order valence-electron chi connectivity index (χ0n) is 14.5. The van der Waals surface area contributed by atoms with E-state index in [4.69, 9.17) is 0 Å². The van der Waals surface area contributed by atoms with Gasteiger partial charge in [-0.15, -0.1) is 0 Å². The monoisotopic (exact) mass is 336 g/mol. The molecule has 1 heterocycles. The summed E-state index contributed by atoms with van der Waals surface area (Å²) in [6, 6.07) is 20.4. The maximum atomic E-state index is 12.5. The van der Waals surface area contributed by atoms with Crippen LogP contribution in [0.5, 0.6) is 0 Å². The van der Waals surface area contributed by atoms with Gasteiger partial charge in [0.25, 0.3) is 0 Å². The van der Waals surface area contributed by atoms with E-state index in [9.17, 15) is 9.59 Å². The largest absolute Gasteiger partial charge is 0.355 e. The molecular weight excluding hydrogens is 312 g/mol.